The van der Waals surface area contributed by atoms with E-state index in [2.05, 4.69) is 40.7 Å². The van der Waals surface area contributed by atoms with E-state index in [-0.39, 0.29) is 22.5 Å². The molecule has 137 valence electrons. The third-order valence-corrected chi connectivity index (χ3v) is 3.68. The summed E-state index contributed by atoms with van der Waals surface area (Å²) in [7, 11) is 4.34. The molecule has 6 N–H and O–H groups in total. The molecule has 2 aromatic rings. The van der Waals surface area contributed by atoms with Gasteiger partial charge < -0.3 is 21.7 Å². The number of carboxylic acid groups (broad SMARTS) is 2. The van der Waals surface area contributed by atoms with Crippen LogP contribution in [0.3, 0.4) is 0 Å². The summed E-state index contributed by atoms with van der Waals surface area (Å²) < 4.78 is 3.19. The molecule has 0 bridgehead atoms. The predicted octanol–water partition coefficient (Wildman–Crippen LogP) is 4.19. The molecule has 1 radical (unpaired) electrons. The van der Waals surface area contributed by atoms with Crippen molar-refractivity contribution in [1.29, 1.82) is 0 Å². The van der Waals surface area contributed by atoms with Crippen LogP contribution in [0.4, 0.5) is 11.4 Å². The summed E-state index contributed by atoms with van der Waals surface area (Å²) in [5.41, 5.74) is 11.3. The Hall–Kier alpha value is -1.75. The zero-order valence-electron chi connectivity index (χ0n) is 12.9. The molecule has 26 heavy (non-hydrogen) atoms. The summed E-state index contributed by atoms with van der Waals surface area (Å²) in [5.74, 6) is -2.15. The fraction of sp³-hybridized carbons (Fsp3) is 0. The number of anilines is 2. The Balaban J connectivity index is 0.000000419. The van der Waals surface area contributed by atoms with Gasteiger partial charge in [-0.2, -0.15) is 0 Å². The van der Waals surface area contributed by atoms with Crippen LogP contribution in [0.2, 0.25) is 10.0 Å². The molecular formula is C14H12BBrCl2N3O4S. The fourth-order valence-corrected chi connectivity index (χ4v) is 2.46. The van der Waals surface area contributed by atoms with Crippen LogP contribution in [0.5, 0.6) is 0 Å². The molecule has 12 heteroatoms. The number of hydrogen-bond donors (Lipinski definition) is 5. The number of nitrogens with zero attached hydrogens (tertiary/aromatic N) is 1. The summed E-state index contributed by atoms with van der Waals surface area (Å²) in [6.45, 7) is 0. The molecule has 0 atom stereocenters. The van der Waals surface area contributed by atoms with E-state index < -0.39 is 11.9 Å². The number of benzene rings is 2. The van der Waals surface area contributed by atoms with Crippen LogP contribution in [0.25, 0.3) is 0 Å². The van der Waals surface area contributed by atoms with Gasteiger partial charge in [0.1, 0.15) is 0 Å². The second kappa shape index (κ2) is 11.8. The molecule has 2 rings (SSSR count). The Kier molecular flexibility index (Phi) is 11.0. The molecule has 0 aliphatic rings. The second-order valence-electron chi connectivity index (χ2n) is 4.31. The van der Waals surface area contributed by atoms with E-state index in [0.717, 1.165) is 0 Å². The summed E-state index contributed by atoms with van der Waals surface area (Å²) in [6.07, 6.45) is 0. The van der Waals surface area contributed by atoms with E-state index in [1.54, 1.807) is 12.1 Å². The van der Waals surface area contributed by atoms with E-state index in [1.165, 1.54) is 18.2 Å². The van der Waals surface area contributed by atoms with E-state index in [4.69, 9.17) is 44.9 Å². The molecule has 0 aliphatic carbocycles. The van der Waals surface area contributed by atoms with Gasteiger partial charge >= 0.3 is 36.7 Å². The third kappa shape index (κ3) is 8.09. The van der Waals surface area contributed by atoms with E-state index in [1.807, 2.05) is 0 Å². The Labute approximate surface area is 174 Å². The van der Waals surface area contributed by atoms with Crippen molar-refractivity contribution in [2.45, 2.75) is 0 Å². The molecule has 0 aliphatic heterocycles. The fourth-order valence-electron chi connectivity index (χ4n) is 1.48. The number of carbonyl (C=O) groups is 2. The molecule has 7 nitrogen and oxygen atoms in total. The Bertz CT molecular complexity index is 827. The first-order valence-corrected chi connectivity index (χ1v) is 8.30. The molecule has 0 saturated carbocycles. The Morgan fingerprint density at radius 3 is 1.92 bits per heavy atom. The maximum atomic E-state index is 10.6. The first kappa shape index (κ1) is 24.3. The molecule has 0 amide bonds. The number of carboxylic acids is 2. The number of halogens is 3. The van der Waals surface area contributed by atoms with Gasteiger partial charge in [-0.15, -0.1) is 0 Å². The third-order valence-electron chi connectivity index (χ3n) is 2.57. The van der Waals surface area contributed by atoms with Gasteiger partial charge in [-0.1, -0.05) is 23.2 Å². The average molecular weight is 480 g/mol. The second-order valence-corrected chi connectivity index (χ2v) is 6.26. The first-order chi connectivity index (χ1) is 12.0. The number of rotatable bonds is 2. The predicted molar refractivity (Wildman–Crippen MR) is 111 cm³/mol. The zero-order valence-corrected chi connectivity index (χ0v) is 16.9. The molecule has 2 aromatic carbocycles. The Morgan fingerprint density at radius 1 is 1.04 bits per heavy atom. The molecule has 0 unspecified atom stereocenters. The standard InChI is InChI=1S/C7H5BrClNO2.C7H6ClNO2.BHNS/c8-5-2-3(9)1-4(6(5)10)7(11)12;8-4-1-2-6(9)5(3-4)7(10)11;1-2-3/h1-2H,10H2,(H,11,12);1-3H,9H2,(H,10,11);3H. The maximum absolute atomic E-state index is 10.6. The van der Waals surface area contributed by atoms with Crippen LogP contribution >= 0.6 is 51.9 Å². The van der Waals surface area contributed by atoms with Crippen LogP contribution in [0, 0.1) is 0 Å². The molecule has 0 aromatic heterocycles. The van der Waals surface area contributed by atoms with Gasteiger partial charge in [-0.3, -0.25) is 0 Å². The van der Waals surface area contributed by atoms with Gasteiger partial charge in [0.05, 0.1) is 16.8 Å². The van der Waals surface area contributed by atoms with Gasteiger partial charge in [0.25, 0.3) is 0 Å². The SMILES string of the molecule is Nc1c(Br)cc(Cl)cc1C(=O)O.Nc1ccc(Cl)cc1C(=O)O.[B]=NS. The topological polar surface area (TPSA) is 139 Å². The Morgan fingerprint density at radius 2 is 1.50 bits per heavy atom. The van der Waals surface area contributed by atoms with Crippen molar-refractivity contribution in [3.05, 3.63) is 56.0 Å². The number of thiol groups is 1. The average Bonchev–Trinajstić information content (AvgIpc) is 2.54. The first-order valence-electron chi connectivity index (χ1n) is 6.35. The van der Waals surface area contributed by atoms with E-state index in [0.29, 0.717) is 14.5 Å². The molecule has 0 spiro atoms. The van der Waals surface area contributed by atoms with Gasteiger partial charge in [-0.05, 0) is 46.3 Å². The van der Waals surface area contributed by atoms with Crippen molar-refractivity contribution in [3.63, 3.8) is 0 Å². The quantitative estimate of drug-likeness (QED) is 0.248. The van der Waals surface area contributed by atoms with Gasteiger partial charge in [0, 0.05) is 20.2 Å². The van der Waals surface area contributed by atoms with Crippen molar-refractivity contribution in [3.8, 4) is 0 Å². The van der Waals surface area contributed by atoms with Crippen molar-refractivity contribution in [2.75, 3.05) is 11.5 Å². The van der Waals surface area contributed by atoms with Crippen molar-refractivity contribution in [2.24, 2.45) is 4.30 Å². The zero-order chi connectivity index (χ0) is 20.4. The van der Waals surface area contributed by atoms with Crippen LogP contribution in [-0.4, -0.2) is 29.8 Å². The monoisotopic (exact) mass is 478 g/mol. The number of hydrogen-bond acceptors (Lipinski definition) is 6. The van der Waals surface area contributed by atoms with Crippen molar-refractivity contribution in [1.82, 2.24) is 0 Å². The molecule has 0 saturated heterocycles. The summed E-state index contributed by atoms with van der Waals surface area (Å²) in [5, 5.41) is 17.9. The van der Waals surface area contributed by atoms with Gasteiger partial charge in [0.2, 0.25) is 0 Å². The normalized spacial score (nSPS) is 9.04. The molecular weight excluding hydrogens is 468 g/mol. The summed E-state index contributed by atoms with van der Waals surface area (Å²) >= 11 is 17.4. The van der Waals surface area contributed by atoms with Crippen molar-refractivity contribution < 1.29 is 19.8 Å². The number of nitrogen functional groups attached to an aromatic ring is 2. The van der Waals surface area contributed by atoms with Crippen LogP contribution in [0.1, 0.15) is 20.7 Å². The van der Waals surface area contributed by atoms with E-state index in [9.17, 15) is 9.59 Å². The van der Waals surface area contributed by atoms with E-state index >= 15 is 0 Å². The van der Waals surface area contributed by atoms with Gasteiger partial charge in [-0.25, -0.2) is 9.59 Å². The van der Waals surface area contributed by atoms with Crippen LogP contribution in [0.15, 0.2) is 39.1 Å². The van der Waals surface area contributed by atoms with Crippen molar-refractivity contribution >= 4 is 82.9 Å². The summed E-state index contributed by atoms with van der Waals surface area (Å²) in [4.78, 5) is 21.0. The summed E-state index contributed by atoms with van der Waals surface area (Å²) in [6, 6.07) is 7.18. The minimum atomic E-state index is -1.09. The number of nitrogens with two attached hydrogens (primary N) is 2. The molecule has 0 fully saturated rings. The van der Waals surface area contributed by atoms with Crippen LogP contribution < -0.4 is 11.5 Å². The molecule has 0 heterocycles. The minimum absolute atomic E-state index is 0.00868. The van der Waals surface area contributed by atoms with Crippen LogP contribution in [-0.2, 0) is 0 Å². The number of aromatic carboxylic acids is 2. The van der Waals surface area contributed by atoms with Gasteiger partial charge in [0.15, 0.2) is 0 Å².